The third-order valence-electron chi connectivity index (χ3n) is 2.42. The maximum absolute atomic E-state index is 13.4. The fourth-order valence-electron chi connectivity index (χ4n) is 1.55. The lowest BCUT2D eigenvalue weighted by Gasteiger charge is -2.06. The second-order valence-corrected chi connectivity index (χ2v) is 3.87. The second kappa shape index (κ2) is 5.49. The molecule has 2 rings (SSSR count). The van der Waals surface area contributed by atoms with Crippen molar-refractivity contribution in [2.45, 2.75) is 0 Å². The number of halogens is 2. The van der Waals surface area contributed by atoms with Gasteiger partial charge in [-0.3, -0.25) is 20.2 Å². The lowest BCUT2D eigenvalue weighted by molar-refractivity contribution is -0.387. The van der Waals surface area contributed by atoms with E-state index in [1.54, 1.807) is 0 Å². The fourth-order valence-corrected chi connectivity index (χ4v) is 1.55. The van der Waals surface area contributed by atoms with E-state index in [9.17, 15) is 29.0 Å². The number of ether oxygens (including phenoxy) is 1. The molecule has 0 saturated carbocycles. The first kappa shape index (κ1) is 14.3. The fraction of sp³-hybridized carbons (Fsp3) is 0. The first-order valence-electron chi connectivity index (χ1n) is 5.43. The van der Waals surface area contributed by atoms with E-state index in [1.807, 2.05) is 0 Å². The Balaban J connectivity index is 2.32. The lowest BCUT2D eigenvalue weighted by Crippen LogP contribution is -1.94. The van der Waals surface area contributed by atoms with Gasteiger partial charge in [0.2, 0.25) is 5.82 Å². The van der Waals surface area contributed by atoms with Gasteiger partial charge in [-0.2, -0.15) is 4.39 Å². The molecular weight excluding hydrogens is 290 g/mol. The van der Waals surface area contributed by atoms with E-state index >= 15 is 0 Å². The summed E-state index contributed by atoms with van der Waals surface area (Å²) in [5.74, 6) is -2.42. The molecule has 0 aliphatic heterocycles. The quantitative estimate of drug-likeness (QED) is 0.634. The van der Waals surface area contributed by atoms with Crippen molar-refractivity contribution in [2.75, 3.05) is 0 Å². The third kappa shape index (κ3) is 3.26. The summed E-state index contributed by atoms with van der Waals surface area (Å²) in [5.41, 5.74) is -1.28. The molecule has 0 aliphatic rings. The van der Waals surface area contributed by atoms with Gasteiger partial charge in [-0.1, -0.05) is 0 Å². The number of nitrogens with zero attached hydrogens (tertiary/aromatic N) is 2. The van der Waals surface area contributed by atoms with Gasteiger partial charge in [0.15, 0.2) is 0 Å². The van der Waals surface area contributed by atoms with Gasteiger partial charge >= 0.3 is 5.69 Å². The molecule has 0 fully saturated rings. The molecule has 0 radical (unpaired) electrons. The Morgan fingerprint density at radius 1 is 0.905 bits per heavy atom. The molecule has 0 bridgehead atoms. The molecule has 0 N–H and O–H groups in total. The number of nitro benzene ring substituents is 2. The largest absolute Gasteiger partial charge is 0.457 e. The van der Waals surface area contributed by atoms with Crippen LogP contribution in [-0.2, 0) is 0 Å². The summed E-state index contributed by atoms with van der Waals surface area (Å²) in [5, 5.41) is 21.0. The van der Waals surface area contributed by atoms with Crippen LogP contribution in [0.3, 0.4) is 0 Å². The Hall–Kier alpha value is -3.10. The highest BCUT2D eigenvalue weighted by atomic mass is 19.1. The van der Waals surface area contributed by atoms with Gasteiger partial charge in [0.25, 0.3) is 5.69 Å². The van der Waals surface area contributed by atoms with Gasteiger partial charge < -0.3 is 4.74 Å². The van der Waals surface area contributed by atoms with E-state index in [0.717, 1.165) is 30.3 Å². The molecular formula is C12H6F2N2O5. The third-order valence-corrected chi connectivity index (χ3v) is 2.42. The van der Waals surface area contributed by atoms with Crippen LogP contribution in [0.5, 0.6) is 11.5 Å². The molecule has 0 saturated heterocycles. The van der Waals surface area contributed by atoms with E-state index in [-0.39, 0.29) is 11.5 Å². The summed E-state index contributed by atoms with van der Waals surface area (Å²) >= 11 is 0. The Morgan fingerprint density at radius 3 is 2.19 bits per heavy atom. The maximum Gasteiger partial charge on any atom is 0.305 e. The van der Waals surface area contributed by atoms with Gasteiger partial charge in [-0.05, 0) is 6.07 Å². The number of nitro groups is 2. The SMILES string of the molecule is O=[N+]([O-])c1cc(F)cc(Oc2ccc([N+](=O)[O-])c(F)c2)c1. The minimum absolute atomic E-state index is 0.155. The van der Waals surface area contributed by atoms with Crippen LogP contribution in [0.2, 0.25) is 0 Å². The molecule has 108 valence electrons. The molecule has 9 heteroatoms. The van der Waals surface area contributed by atoms with Crippen LogP contribution >= 0.6 is 0 Å². The molecule has 2 aromatic carbocycles. The van der Waals surface area contributed by atoms with E-state index in [1.165, 1.54) is 0 Å². The van der Waals surface area contributed by atoms with Crippen LogP contribution in [0.15, 0.2) is 36.4 Å². The standard InChI is InChI=1S/C12H6F2N2O5/c13-7-3-8(15(17)18)5-10(4-7)21-9-1-2-12(16(19)20)11(14)6-9/h1-6H. The number of benzene rings is 2. The monoisotopic (exact) mass is 296 g/mol. The van der Waals surface area contributed by atoms with Crippen molar-refractivity contribution >= 4 is 11.4 Å². The molecule has 7 nitrogen and oxygen atoms in total. The Labute approximate surface area is 115 Å². The Bertz CT molecular complexity index is 736. The van der Waals surface area contributed by atoms with E-state index in [2.05, 4.69) is 0 Å². The van der Waals surface area contributed by atoms with Gasteiger partial charge in [0.05, 0.1) is 22.0 Å². The molecule has 2 aromatic rings. The number of rotatable bonds is 4. The van der Waals surface area contributed by atoms with Crippen molar-refractivity contribution in [3.63, 3.8) is 0 Å². The zero-order valence-corrected chi connectivity index (χ0v) is 10.2. The number of hydrogen-bond donors (Lipinski definition) is 0. The van der Waals surface area contributed by atoms with Gasteiger partial charge in [0, 0.05) is 18.2 Å². The second-order valence-electron chi connectivity index (χ2n) is 3.87. The van der Waals surface area contributed by atoms with Crippen molar-refractivity contribution in [1.82, 2.24) is 0 Å². The van der Waals surface area contributed by atoms with Gasteiger partial charge in [-0.25, -0.2) is 4.39 Å². The van der Waals surface area contributed by atoms with Gasteiger partial charge in [-0.15, -0.1) is 0 Å². The smallest absolute Gasteiger partial charge is 0.305 e. The maximum atomic E-state index is 13.4. The Kier molecular flexibility index (Phi) is 3.74. The van der Waals surface area contributed by atoms with Crippen molar-refractivity contribution in [3.05, 3.63) is 68.3 Å². The Morgan fingerprint density at radius 2 is 1.62 bits per heavy atom. The van der Waals surface area contributed by atoms with Crippen LogP contribution in [0, 0.1) is 31.9 Å². The number of non-ortho nitro benzene ring substituents is 1. The zero-order chi connectivity index (χ0) is 15.6. The first-order chi connectivity index (χ1) is 9.86. The topological polar surface area (TPSA) is 95.5 Å². The van der Waals surface area contributed by atoms with Crippen molar-refractivity contribution < 1.29 is 23.4 Å². The summed E-state index contributed by atoms with van der Waals surface area (Å²) in [4.78, 5) is 19.3. The average molecular weight is 296 g/mol. The summed E-state index contributed by atoms with van der Waals surface area (Å²) in [6.45, 7) is 0. The average Bonchev–Trinajstić information content (AvgIpc) is 2.37. The highest BCUT2D eigenvalue weighted by Crippen LogP contribution is 2.29. The molecule has 0 heterocycles. The van der Waals surface area contributed by atoms with Crippen molar-refractivity contribution in [2.24, 2.45) is 0 Å². The van der Waals surface area contributed by atoms with E-state index in [0.29, 0.717) is 6.07 Å². The number of hydrogen-bond acceptors (Lipinski definition) is 5. The van der Waals surface area contributed by atoms with Crippen LogP contribution in [-0.4, -0.2) is 9.85 Å². The highest BCUT2D eigenvalue weighted by Gasteiger charge is 2.16. The highest BCUT2D eigenvalue weighted by molar-refractivity contribution is 5.43. The molecule has 0 amide bonds. The molecule has 0 unspecified atom stereocenters. The van der Waals surface area contributed by atoms with Crippen LogP contribution in [0.1, 0.15) is 0 Å². The zero-order valence-electron chi connectivity index (χ0n) is 10.2. The summed E-state index contributed by atoms with van der Waals surface area (Å²) in [6, 6.07) is 5.21. The van der Waals surface area contributed by atoms with Gasteiger partial charge in [0.1, 0.15) is 17.3 Å². The van der Waals surface area contributed by atoms with Crippen molar-refractivity contribution in [3.8, 4) is 11.5 Å². The van der Waals surface area contributed by atoms with Crippen LogP contribution in [0.4, 0.5) is 20.2 Å². The summed E-state index contributed by atoms with van der Waals surface area (Å²) in [6.07, 6.45) is 0. The minimum atomic E-state index is -1.14. The molecule has 0 aromatic heterocycles. The van der Waals surface area contributed by atoms with E-state index < -0.39 is 32.9 Å². The first-order valence-corrected chi connectivity index (χ1v) is 5.43. The predicted molar refractivity (Wildman–Crippen MR) is 66.2 cm³/mol. The molecule has 21 heavy (non-hydrogen) atoms. The van der Waals surface area contributed by atoms with Crippen LogP contribution in [0.25, 0.3) is 0 Å². The van der Waals surface area contributed by atoms with E-state index in [4.69, 9.17) is 4.74 Å². The normalized spacial score (nSPS) is 10.2. The van der Waals surface area contributed by atoms with Crippen LogP contribution < -0.4 is 4.74 Å². The molecule has 0 atom stereocenters. The summed E-state index contributed by atoms with van der Waals surface area (Å²) < 4.78 is 31.6. The minimum Gasteiger partial charge on any atom is -0.457 e. The van der Waals surface area contributed by atoms with Crippen molar-refractivity contribution in [1.29, 1.82) is 0 Å². The molecule has 0 spiro atoms. The summed E-state index contributed by atoms with van der Waals surface area (Å²) in [7, 11) is 0. The predicted octanol–water partition coefficient (Wildman–Crippen LogP) is 3.57. The lowest BCUT2D eigenvalue weighted by atomic mass is 10.2. The molecule has 0 aliphatic carbocycles.